The first kappa shape index (κ1) is 14.8. The van der Waals surface area contributed by atoms with Crippen molar-refractivity contribution in [2.75, 3.05) is 6.79 Å². The number of nitrogens with zero attached hydrogens (tertiary/aromatic N) is 1. The molecular weight excluding hydrogens is 300 g/mol. The summed E-state index contributed by atoms with van der Waals surface area (Å²) in [6, 6.07) is 18.8. The van der Waals surface area contributed by atoms with E-state index in [1.807, 2.05) is 12.1 Å². The Morgan fingerprint density at radius 1 is 0.958 bits per heavy atom. The highest BCUT2D eigenvalue weighted by Crippen LogP contribution is 2.32. The molecule has 0 amide bonds. The molecule has 3 aromatic rings. The first-order chi connectivity index (χ1) is 11.8. The predicted molar refractivity (Wildman–Crippen MR) is 93.6 cm³/mol. The van der Waals surface area contributed by atoms with Crippen LogP contribution in [-0.2, 0) is 13.1 Å². The number of aryl methyl sites for hydroxylation is 1. The van der Waals surface area contributed by atoms with Gasteiger partial charge >= 0.3 is 0 Å². The summed E-state index contributed by atoms with van der Waals surface area (Å²) < 4.78 is 13.0. The average molecular weight is 320 g/mol. The molecule has 4 heteroatoms. The molecule has 0 bridgehead atoms. The molecule has 0 spiro atoms. The molecule has 1 N–H and O–H groups in total. The fraction of sp³-hybridized carbons (Fsp3) is 0.200. The SMILES string of the molecule is Cc1cccc(-n2cccc2CNCc2ccc3c(c2)OCO3)c1. The van der Waals surface area contributed by atoms with Crippen molar-refractivity contribution < 1.29 is 9.47 Å². The van der Waals surface area contributed by atoms with Gasteiger partial charge in [0.2, 0.25) is 6.79 Å². The van der Waals surface area contributed by atoms with Crippen molar-refractivity contribution >= 4 is 0 Å². The molecule has 2 aromatic carbocycles. The highest BCUT2D eigenvalue weighted by molar-refractivity contribution is 5.44. The second-order valence-corrected chi connectivity index (χ2v) is 6.00. The van der Waals surface area contributed by atoms with Crippen LogP contribution in [0, 0.1) is 6.92 Å². The molecule has 0 saturated carbocycles. The number of rotatable bonds is 5. The molecule has 1 aliphatic rings. The van der Waals surface area contributed by atoms with Crippen LogP contribution in [0.25, 0.3) is 5.69 Å². The molecule has 0 fully saturated rings. The monoisotopic (exact) mass is 320 g/mol. The van der Waals surface area contributed by atoms with Crippen LogP contribution in [0.15, 0.2) is 60.8 Å². The van der Waals surface area contributed by atoms with E-state index < -0.39 is 0 Å². The Hall–Kier alpha value is -2.72. The quantitative estimate of drug-likeness (QED) is 0.776. The molecule has 122 valence electrons. The fourth-order valence-corrected chi connectivity index (χ4v) is 2.98. The van der Waals surface area contributed by atoms with Crippen LogP contribution in [-0.4, -0.2) is 11.4 Å². The van der Waals surface area contributed by atoms with E-state index in [1.54, 1.807) is 0 Å². The topological polar surface area (TPSA) is 35.4 Å². The summed E-state index contributed by atoms with van der Waals surface area (Å²) in [6.45, 7) is 4.02. The summed E-state index contributed by atoms with van der Waals surface area (Å²) >= 11 is 0. The second-order valence-electron chi connectivity index (χ2n) is 6.00. The van der Waals surface area contributed by atoms with Crippen molar-refractivity contribution in [3.63, 3.8) is 0 Å². The lowest BCUT2D eigenvalue weighted by Crippen LogP contribution is -2.15. The van der Waals surface area contributed by atoms with Crippen LogP contribution in [0.1, 0.15) is 16.8 Å². The van der Waals surface area contributed by atoms with Crippen molar-refractivity contribution in [2.45, 2.75) is 20.0 Å². The molecule has 1 aliphatic heterocycles. The molecule has 1 aromatic heterocycles. The van der Waals surface area contributed by atoms with Gasteiger partial charge in [0.25, 0.3) is 0 Å². The van der Waals surface area contributed by atoms with Gasteiger partial charge in [-0.1, -0.05) is 18.2 Å². The average Bonchev–Trinajstić information content (AvgIpc) is 3.23. The van der Waals surface area contributed by atoms with E-state index >= 15 is 0 Å². The molecule has 4 rings (SSSR count). The van der Waals surface area contributed by atoms with E-state index in [0.29, 0.717) is 6.79 Å². The Labute approximate surface area is 141 Å². The third-order valence-electron chi connectivity index (χ3n) is 4.19. The third-order valence-corrected chi connectivity index (χ3v) is 4.19. The van der Waals surface area contributed by atoms with Crippen molar-refractivity contribution in [3.8, 4) is 17.2 Å². The molecule has 0 aliphatic carbocycles. The zero-order chi connectivity index (χ0) is 16.4. The number of nitrogens with one attached hydrogen (secondary N) is 1. The lowest BCUT2D eigenvalue weighted by Gasteiger charge is -2.11. The Morgan fingerprint density at radius 2 is 1.88 bits per heavy atom. The van der Waals surface area contributed by atoms with Gasteiger partial charge in [-0.05, 0) is 54.4 Å². The van der Waals surface area contributed by atoms with Gasteiger partial charge in [0.15, 0.2) is 11.5 Å². The molecule has 0 atom stereocenters. The van der Waals surface area contributed by atoms with Gasteiger partial charge in [-0.2, -0.15) is 0 Å². The molecule has 24 heavy (non-hydrogen) atoms. The number of fused-ring (bicyclic) bond motifs is 1. The van der Waals surface area contributed by atoms with Crippen molar-refractivity contribution in [3.05, 3.63) is 77.6 Å². The van der Waals surface area contributed by atoms with Crippen LogP contribution < -0.4 is 14.8 Å². The Bertz CT molecular complexity index is 854. The minimum absolute atomic E-state index is 0.316. The number of hydrogen-bond donors (Lipinski definition) is 1. The molecular formula is C20H20N2O2. The van der Waals surface area contributed by atoms with Crippen LogP contribution >= 0.6 is 0 Å². The maximum Gasteiger partial charge on any atom is 0.231 e. The van der Waals surface area contributed by atoms with Crippen LogP contribution in [0.2, 0.25) is 0 Å². The summed E-state index contributed by atoms with van der Waals surface area (Å²) in [7, 11) is 0. The Morgan fingerprint density at radius 3 is 2.79 bits per heavy atom. The van der Waals surface area contributed by atoms with E-state index in [-0.39, 0.29) is 0 Å². The fourth-order valence-electron chi connectivity index (χ4n) is 2.98. The van der Waals surface area contributed by atoms with Crippen molar-refractivity contribution in [1.82, 2.24) is 9.88 Å². The van der Waals surface area contributed by atoms with Gasteiger partial charge in [-0.15, -0.1) is 0 Å². The number of ether oxygens (including phenoxy) is 2. The zero-order valence-corrected chi connectivity index (χ0v) is 13.7. The third kappa shape index (κ3) is 3.01. The van der Waals surface area contributed by atoms with E-state index in [2.05, 4.69) is 65.5 Å². The largest absolute Gasteiger partial charge is 0.454 e. The first-order valence-electron chi connectivity index (χ1n) is 8.12. The van der Waals surface area contributed by atoms with Gasteiger partial charge in [-0.25, -0.2) is 0 Å². The van der Waals surface area contributed by atoms with E-state index in [1.165, 1.54) is 22.5 Å². The smallest absolute Gasteiger partial charge is 0.231 e. The van der Waals surface area contributed by atoms with Gasteiger partial charge < -0.3 is 19.4 Å². The summed E-state index contributed by atoms with van der Waals surface area (Å²) in [5, 5.41) is 3.50. The lowest BCUT2D eigenvalue weighted by molar-refractivity contribution is 0.174. The molecule has 0 unspecified atom stereocenters. The van der Waals surface area contributed by atoms with Crippen molar-refractivity contribution in [2.24, 2.45) is 0 Å². The normalized spacial score (nSPS) is 12.5. The summed E-state index contributed by atoms with van der Waals surface area (Å²) in [4.78, 5) is 0. The number of benzene rings is 2. The van der Waals surface area contributed by atoms with Gasteiger partial charge in [0, 0.05) is 30.7 Å². The van der Waals surface area contributed by atoms with Crippen LogP contribution in [0.4, 0.5) is 0 Å². The highest BCUT2D eigenvalue weighted by atomic mass is 16.7. The molecule has 0 radical (unpaired) electrons. The second kappa shape index (κ2) is 6.42. The van der Waals surface area contributed by atoms with E-state index in [0.717, 1.165) is 24.6 Å². The van der Waals surface area contributed by atoms with Crippen molar-refractivity contribution in [1.29, 1.82) is 0 Å². The lowest BCUT2D eigenvalue weighted by atomic mass is 10.2. The van der Waals surface area contributed by atoms with Crippen LogP contribution in [0.5, 0.6) is 11.5 Å². The highest BCUT2D eigenvalue weighted by Gasteiger charge is 2.13. The summed E-state index contributed by atoms with van der Waals surface area (Å²) in [5.41, 5.74) is 4.88. The Balaban J connectivity index is 1.43. The summed E-state index contributed by atoms with van der Waals surface area (Å²) in [6.07, 6.45) is 2.10. The van der Waals surface area contributed by atoms with Gasteiger partial charge in [0.1, 0.15) is 0 Å². The zero-order valence-electron chi connectivity index (χ0n) is 13.7. The number of aromatic nitrogens is 1. The van der Waals surface area contributed by atoms with Crippen LogP contribution in [0.3, 0.4) is 0 Å². The van der Waals surface area contributed by atoms with E-state index in [9.17, 15) is 0 Å². The minimum Gasteiger partial charge on any atom is -0.454 e. The molecule has 2 heterocycles. The van der Waals surface area contributed by atoms with Gasteiger partial charge in [-0.3, -0.25) is 0 Å². The predicted octanol–water partition coefficient (Wildman–Crippen LogP) is 3.80. The number of hydrogen-bond acceptors (Lipinski definition) is 3. The standard InChI is InChI=1S/C20H20N2O2/c1-15-4-2-5-17(10-15)22-9-3-6-18(22)13-21-12-16-7-8-19-20(11-16)24-14-23-19/h2-11,21H,12-14H2,1H3. The molecule has 0 saturated heterocycles. The van der Waals surface area contributed by atoms with Gasteiger partial charge in [0.05, 0.1) is 0 Å². The maximum absolute atomic E-state index is 5.43. The van der Waals surface area contributed by atoms with E-state index in [4.69, 9.17) is 9.47 Å². The summed E-state index contributed by atoms with van der Waals surface area (Å²) in [5.74, 6) is 1.66. The minimum atomic E-state index is 0.316. The first-order valence-corrected chi connectivity index (χ1v) is 8.12. The maximum atomic E-state index is 5.43. The molecule has 4 nitrogen and oxygen atoms in total. The Kier molecular flexibility index (Phi) is 3.97.